The van der Waals surface area contributed by atoms with E-state index in [0.717, 1.165) is 11.1 Å². The maximum absolute atomic E-state index is 11.4. The van der Waals surface area contributed by atoms with Crippen molar-refractivity contribution in [1.82, 2.24) is 4.98 Å². The molecular weight excluding hydrogens is 394 g/mol. The summed E-state index contributed by atoms with van der Waals surface area (Å²) in [4.78, 5) is 4.23. The minimum atomic E-state index is -1.40. The lowest BCUT2D eigenvalue weighted by Crippen LogP contribution is -2.50. The second kappa shape index (κ2) is 10.1. The zero-order valence-electron chi connectivity index (χ0n) is 17.2. The SMILES string of the molecule is O[C@H](c1ccccn1)[C@@H]1OC[C@@](O)(COCc2ccccc2)[C@H]1OCc1ccccc1. The molecule has 31 heavy (non-hydrogen) atoms. The number of rotatable bonds is 9. The van der Waals surface area contributed by atoms with Crippen molar-refractivity contribution in [2.24, 2.45) is 0 Å². The Labute approximate surface area is 182 Å². The van der Waals surface area contributed by atoms with E-state index in [9.17, 15) is 10.2 Å². The molecule has 0 radical (unpaired) electrons. The molecule has 1 aliphatic rings. The Kier molecular flexibility index (Phi) is 7.06. The maximum atomic E-state index is 11.4. The molecule has 4 atom stereocenters. The van der Waals surface area contributed by atoms with Crippen LogP contribution in [0.25, 0.3) is 0 Å². The van der Waals surface area contributed by atoms with Gasteiger partial charge in [0.15, 0.2) is 0 Å². The van der Waals surface area contributed by atoms with Gasteiger partial charge in [0.1, 0.15) is 23.9 Å². The van der Waals surface area contributed by atoms with Gasteiger partial charge in [0.25, 0.3) is 0 Å². The molecule has 2 heterocycles. The van der Waals surface area contributed by atoms with Crippen molar-refractivity contribution >= 4 is 0 Å². The highest BCUT2D eigenvalue weighted by Crippen LogP contribution is 2.35. The molecule has 0 bridgehead atoms. The number of aliphatic hydroxyl groups excluding tert-OH is 1. The number of ether oxygens (including phenoxy) is 3. The van der Waals surface area contributed by atoms with Gasteiger partial charge < -0.3 is 24.4 Å². The Balaban J connectivity index is 1.48. The molecule has 1 fully saturated rings. The lowest BCUT2D eigenvalue weighted by Gasteiger charge is -2.31. The van der Waals surface area contributed by atoms with Gasteiger partial charge in [-0.25, -0.2) is 0 Å². The average Bonchev–Trinajstić information content (AvgIpc) is 3.15. The number of hydrogen-bond donors (Lipinski definition) is 2. The van der Waals surface area contributed by atoms with E-state index in [-0.39, 0.29) is 19.8 Å². The zero-order valence-corrected chi connectivity index (χ0v) is 17.2. The van der Waals surface area contributed by atoms with Crippen molar-refractivity contribution in [2.75, 3.05) is 13.2 Å². The van der Waals surface area contributed by atoms with Crippen molar-refractivity contribution in [2.45, 2.75) is 37.1 Å². The van der Waals surface area contributed by atoms with Crippen molar-refractivity contribution in [3.8, 4) is 0 Å². The molecule has 0 amide bonds. The van der Waals surface area contributed by atoms with Gasteiger partial charge in [0, 0.05) is 6.20 Å². The Morgan fingerprint density at radius 3 is 2.23 bits per heavy atom. The molecule has 0 spiro atoms. The molecule has 2 aromatic carbocycles. The first-order valence-electron chi connectivity index (χ1n) is 10.4. The van der Waals surface area contributed by atoms with E-state index in [2.05, 4.69) is 4.98 Å². The Morgan fingerprint density at radius 1 is 0.935 bits per heavy atom. The lowest BCUT2D eigenvalue weighted by molar-refractivity contribution is -0.141. The van der Waals surface area contributed by atoms with Gasteiger partial charge in [-0.15, -0.1) is 0 Å². The van der Waals surface area contributed by atoms with Gasteiger partial charge in [-0.1, -0.05) is 66.7 Å². The van der Waals surface area contributed by atoms with Crippen LogP contribution in [0.2, 0.25) is 0 Å². The van der Waals surface area contributed by atoms with Crippen LogP contribution in [0.5, 0.6) is 0 Å². The highest BCUT2D eigenvalue weighted by atomic mass is 16.6. The second-order valence-corrected chi connectivity index (χ2v) is 7.77. The maximum Gasteiger partial charge on any atom is 0.140 e. The molecule has 1 saturated heterocycles. The van der Waals surface area contributed by atoms with Gasteiger partial charge >= 0.3 is 0 Å². The van der Waals surface area contributed by atoms with Gasteiger partial charge in [0.05, 0.1) is 32.1 Å². The molecule has 162 valence electrons. The normalized spacial score (nSPS) is 24.2. The summed E-state index contributed by atoms with van der Waals surface area (Å²) in [6.07, 6.45) is -0.989. The summed E-state index contributed by atoms with van der Waals surface area (Å²) >= 11 is 0. The standard InChI is InChI=1S/C25H27NO5/c27-22(21-13-7-8-14-26-21)23-24(30-16-20-11-5-2-6-12-20)25(28,18-31-23)17-29-15-19-9-3-1-4-10-19/h1-14,22-24,27-28H,15-18H2/t22-,23+,24+,25+/m1/s1. The number of hydrogen-bond acceptors (Lipinski definition) is 6. The van der Waals surface area contributed by atoms with Crippen LogP contribution in [-0.2, 0) is 27.4 Å². The van der Waals surface area contributed by atoms with Gasteiger partial charge in [0.2, 0.25) is 0 Å². The summed E-state index contributed by atoms with van der Waals surface area (Å²) in [5.41, 5.74) is 1.05. The van der Waals surface area contributed by atoms with Crippen LogP contribution >= 0.6 is 0 Å². The van der Waals surface area contributed by atoms with Crippen molar-refractivity contribution in [3.05, 3.63) is 102 Å². The topological polar surface area (TPSA) is 81.0 Å². The van der Waals surface area contributed by atoms with Crippen molar-refractivity contribution < 1.29 is 24.4 Å². The predicted molar refractivity (Wildman–Crippen MR) is 115 cm³/mol. The second-order valence-electron chi connectivity index (χ2n) is 7.77. The minimum absolute atomic E-state index is 0.00416. The summed E-state index contributed by atoms with van der Waals surface area (Å²) in [6.45, 7) is 0.659. The van der Waals surface area contributed by atoms with E-state index in [4.69, 9.17) is 14.2 Å². The smallest absolute Gasteiger partial charge is 0.140 e. The molecule has 3 aromatic rings. The third kappa shape index (κ3) is 5.36. The molecule has 4 rings (SSSR count). The first-order chi connectivity index (χ1) is 15.2. The predicted octanol–water partition coefficient (Wildman–Crippen LogP) is 3.05. The third-order valence-corrected chi connectivity index (χ3v) is 5.39. The Hall–Kier alpha value is -2.61. The number of aliphatic hydroxyl groups is 2. The van der Waals surface area contributed by atoms with Crippen LogP contribution in [0.3, 0.4) is 0 Å². The van der Waals surface area contributed by atoms with E-state index < -0.39 is 23.9 Å². The summed E-state index contributed by atoms with van der Waals surface area (Å²) in [5.74, 6) is 0. The summed E-state index contributed by atoms with van der Waals surface area (Å²) in [7, 11) is 0. The Morgan fingerprint density at radius 2 is 1.58 bits per heavy atom. The largest absolute Gasteiger partial charge is 0.384 e. The zero-order chi connectivity index (χ0) is 21.5. The summed E-state index contributed by atoms with van der Waals surface area (Å²) in [6, 6.07) is 24.8. The first kappa shape index (κ1) is 21.6. The van der Waals surface area contributed by atoms with Crippen molar-refractivity contribution in [1.29, 1.82) is 0 Å². The van der Waals surface area contributed by atoms with Crippen LogP contribution in [0.15, 0.2) is 85.1 Å². The molecule has 6 heteroatoms. The van der Waals surface area contributed by atoms with E-state index in [0.29, 0.717) is 12.3 Å². The van der Waals surface area contributed by atoms with Gasteiger partial charge in [-0.3, -0.25) is 4.98 Å². The van der Waals surface area contributed by atoms with Crippen LogP contribution in [0.1, 0.15) is 22.9 Å². The fourth-order valence-electron chi connectivity index (χ4n) is 3.75. The molecule has 2 N–H and O–H groups in total. The van der Waals surface area contributed by atoms with E-state index in [1.165, 1.54) is 0 Å². The molecule has 1 aromatic heterocycles. The van der Waals surface area contributed by atoms with Gasteiger partial charge in [-0.05, 0) is 23.3 Å². The molecule has 6 nitrogen and oxygen atoms in total. The van der Waals surface area contributed by atoms with Crippen LogP contribution in [0.4, 0.5) is 0 Å². The molecule has 0 aliphatic carbocycles. The van der Waals surface area contributed by atoms with E-state index in [1.807, 2.05) is 60.7 Å². The number of nitrogens with zero attached hydrogens (tertiary/aromatic N) is 1. The number of aromatic nitrogens is 1. The van der Waals surface area contributed by atoms with Crippen molar-refractivity contribution in [3.63, 3.8) is 0 Å². The first-order valence-corrected chi connectivity index (χ1v) is 10.4. The fraction of sp³-hybridized carbons (Fsp3) is 0.320. The number of benzene rings is 2. The number of pyridine rings is 1. The summed E-state index contributed by atoms with van der Waals surface area (Å²) < 4.78 is 17.8. The average molecular weight is 421 g/mol. The van der Waals surface area contributed by atoms with Crippen LogP contribution in [0, 0.1) is 0 Å². The molecule has 1 aliphatic heterocycles. The van der Waals surface area contributed by atoms with E-state index >= 15 is 0 Å². The summed E-state index contributed by atoms with van der Waals surface area (Å²) in [5, 5.41) is 22.3. The highest BCUT2D eigenvalue weighted by Gasteiger charge is 2.53. The minimum Gasteiger partial charge on any atom is -0.384 e. The lowest BCUT2D eigenvalue weighted by atomic mass is 9.93. The van der Waals surface area contributed by atoms with Crippen LogP contribution < -0.4 is 0 Å². The Bertz CT molecular complexity index is 924. The van der Waals surface area contributed by atoms with E-state index in [1.54, 1.807) is 24.4 Å². The fourth-order valence-corrected chi connectivity index (χ4v) is 3.75. The monoisotopic (exact) mass is 421 g/mol. The van der Waals surface area contributed by atoms with Crippen LogP contribution in [-0.4, -0.2) is 46.2 Å². The quantitative estimate of drug-likeness (QED) is 0.553. The highest BCUT2D eigenvalue weighted by molar-refractivity contribution is 5.16. The third-order valence-electron chi connectivity index (χ3n) is 5.39. The van der Waals surface area contributed by atoms with Gasteiger partial charge in [-0.2, -0.15) is 0 Å². The molecule has 0 unspecified atom stereocenters. The molecular formula is C25H27NO5. The molecule has 0 saturated carbocycles.